The van der Waals surface area contributed by atoms with Gasteiger partial charge in [-0.2, -0.15) is 5.48 Å². The highest BCUT2D eigenvalue weighted by atomic mass is 16.6. The normalized spacial score (nSPS) is 49.3. The van der Waals surface area contributed by atoms with Crippen LogP contribution in [0.1, 0.15) is 120 Å². The van der Waals surface area contributed by atoms with Gasteiger partial charge in [-0.1, -0.05) is 48.5 Å². The number of aldehydes is 1. The molecule has 1 saturated heterocycles. The molecule has 0 aromatic rings. The van der Waals surface area contributed by atoms with Gasteiger partial charge in [-0.25, -0.2) is 0 Å². The number of ether oxygens (including phenoxy) is 1. The summed E-state index contributed by atoms with van der Waals surface area (Å²) in [7, 11) is 0. The van der Waals surface area contributed by atoms with Gasteiger partial charge < -0.3 is 19.5 Å². The highest BCUT2D eigenvalue weighted by Gasteiger charge is 2.70. The number of fused-ring (bicyclic) bond motifs is 7. The largest absolute Gasteiger partial charge is 0.481 e. The van der Waals surface area contributed by atoms with E-state index < -0.39 is 12.0 Å². The first-order chi connectivity index (χ1) is 19.7. The van der Waals surface area contributed by atoms with E-state index in [1.54, 1.807) is 0 Å². The monoisotopic (exact) mass is 587 g/mol. The zero-order valence-electron chi connectivity index (χ0n) is 27.9. The Morgan fingerprint density at radius 1 is 1.05 bits per heavy atom. The van der Waals surface area contributed by atoms with Gasteiger partial charge in [0.25, 0.3) is 0 Å². The van der Waals surface area contributed by atoms with Crippen LogP contribution in [0.2, 0.25) is 0 Å². The molecule has 42 heavy (non-hydrogen) atoms. The van der Waals surface area contributed by atoms with Crippen LogP contribution in [0.3, 0.4) is 0 Å². The van der Waals surface area contributed by atoms with Gasteiger partial charge in [0, 0.05) is 6.42 Å². The van der Waals surface area contributed by atoms with Gasteiger partial charge in [-0.15, -0.1) is 0 Å². The first kappa shape index (κ1) is 32.4. The zero-order chi connectivity index (χ0) is 30.6. The SMILES string of the molecule is CC(CCC1(C)OC2C(C)C3C4CCC5CC(C)C(C)CC5(C)C4CCC3(C)C2C1C)CON[C@@H](C=O)CCC(=O)O. The Balaban J connectivity index is 1.20. The summed E-state index contributed by atoms with van der Waals surface area (Å²) in [6, 6.07) is -0.587. The maximum atomic E-state index is 11.2. The molecule has 1 heterocycles. The summed E-state index contributed by atoms with van der Waals surface area (Å²) in [5.74, 6) is 6.40. The second kappa shape index (κ2) is 12.1. The molecule has 0 spiro atoms. The predicted molar refractivity (Wildman–Crippen MR) is 166 cm³/mol. The lowest BCUT2D eigenvalue weighted by molar-refractivity contribution is -0.144. The van der Waals surface area contributed by atoms with Crippen molar-refractivity contribution in [3.63, 3.8) is 0 Å². The Bertz CT molecular complexity index is 988. The average molecular weight is 588 g/mol. The van der Waals surface area contributed by atoms with Crippen LogP contribution < -0.4 is 5.48 Å². The first-order valence-corrected chi connectivity index (χ1v) is 17.5. The molecule has 0 aromatic carbocycles. The number of hydrogen-bond acceptors (Lipinski definition) is 5. The molecule has 0 aromatic heterocycles. The van der Waals surface area contributed by atoms with E-state index in [4.69, 9.17) is 14.7 Å². The van der Waals surface area contributed by atoms with Crippen LogP contribution in [0.15, 0.2) is 0 Å². The number of carboxylic acid groups (broad SMARTS) is 1. The van der Waals surface area contributed by atoms with Crippen LogP contribution in [-0.4, -0.2) is 41.7 Å². The fourth-order valence-electron chi connectivity index (χ4n) is 11.8. The van der Waals surface area contributed by atoms with Crippen LogP contribution >= 0.6 is 0 Å². The maximum absolute atomic E-state index is 11.2. The predicted octanol–water partition coefficient (Wildman–Crippen LogP) is 7.55. The third-order valence-corrected chi connectivity index (χ3v) is 14.4. The quantitative estimate of drug-likeness (QED) is 0.192. The van der Waals surface area contributed by atoms with Crippen LogP contribution in [-0.2, 0) is 19.2 Å². The van der Waals surface area contributed by atoms with Gasteiger partial charge in [0.05, 0.1) is 24.4 Å². The fourth-order valence-corrected chi connectivity index (χ4v) is 11.8. The van der Waals surface area contributed by atoms with Crippen LogP contribution in [0.4, 0.5) is 0 Å². The number of hydrogen-bond donors (Lipinski definition) is 2. The van der Waals surface area contributed by atoms with Gasteiger partial charge in [-0.3, -0.25) is 4.79 Å². The van der Waals surface area contributed by atoms with Gasteiger partial charge in [0.15, 0.2) is 0 Å². The molecule has 2 N–H and O–H groups in total. The van der Waals surface area contributed by atoms with Crippen molar-refractivity contribution < 1.29 is 24.3 Å². The molecule has 6 heteroatoms. The zero-order valence-corrected chi connectivity index (χ0v) is 27.9. The second-order valence-corrected chi connectivity index (χ2v) is 16.8. The molecule has 1 aliphatic heterocycles. The van der Waals surface area contributed by atoms with Crippen molar-refractivity contribution in [2.24, 2.45) is 70.0 Å². The van der Waals surface area contributed by atoms with E-state index in [2.05, 4.69) is 60.9 Å². The van der Waals surface area contributed by atoms with Gasteiger partial charge in [0.1, 0.15) is 6.29 Å². The van der Waals surface area contributed by atoms with E-state index in [-0.39, 0.29) is 18.4 Å². The smallest absolute Gasteiger partial charge is 0.303 e. The highest BCUT2D eigenvalue weighted by molar-refractivity contribution is 5.68. The van der Waals surface area contributed by atoms with Crippen molar-refractivity contribution in [3.8, 4) is 0 Å². The third-order valence-electron chi connectivity index (χ3n) is 14.4. The Labute approximate surface area is 255 Å². The molecular weight excluding hydrogens is 526 g/mol. The Morgan fingerprint density at radius 3 is 2.48 bits per heavy atom. The van der Waals surface area contributed by atoms with E-state index in [9.17, 15) is 9.59 Å². The Morgan fingerprint density at radius 2 is 1.79 bits per heavy atom. The molecule has 0 radical (unpaired) electrons. The molecule has 0 bridgehead atoms. The molecule has 0 amide bonds. The molecule has 6 nitrogen and oxygen atoms in total. The standard InChI is InChI=1S/C36H61NO5/c1-21(20-41-37-27(19-38)10-12-30(39)40)13-16-36(8)25(5)32-33(42-36)24(4)31-28-11-9-26-17-22(2)23(3)18-35(26,7)29(28)14-15-34(31,32)6/h19,21-29,31-33,37H,9-18,20H2,1-8H3,(H,39,40)/t21?,22?,23?,24?,25?,26?,27-,28?,29?,31?,32?,33?,34?,35?,36?/m1/s1. The summed E-state index contributed by atoms with van der Waals surface area (Å²) in [6.07, 6.45) is 11.8. The minimum atomic E-state index is -0.904. The number of carbonyl (C=O) groups is 2. The number of nitrogens with one attached hydrogen (secondary N) is 1. The molecule has 5 fully saturated rings. The second-order valence-electron chi connectivity index (χ2n) is 16.8. The number of hydroxylamine groups is 1. The minimum Gasteiger partial charge on any atom is -0.481 e. The van der Waals surface area contributed by atoms with Gasteiger partial charge in [-0.05, 0) is 135 Å². The molecule has 5 rings (SSSR count). The molecular formula is C36H61NO5. The van der Waals surface area contributed by atoms with E-state index in [1.807, 2.05) is 0 Å². The molecule has 5 aliphatic rings. The van der Waals surface area contributed by atoms with Crippen LogP contribution in [0.5, 0.6) is 0 Å². The third kappa shape index (κ3) is 5.53. The maximum Gasteiger partial charge on any atom is 0.303 e. The molecule has 15 atom stereocenters. The van der Waals surface area contributed by atoms with E-state index in [0.717, 1.165) is 54.6 Å². The van der Waals surface area contributed by atoms with Crippen molar-refractivity contribution in [2.75, 3.05) is 6.61 Å². The molecule has 14 unspecified atom stereocenters. The van der Waals surface area contributed by atoms with E-state index in [0.29, 0.717) is 47.2 Å². The summed E-state index contributed by atoms with van der Waals surface area (Å²) >= 11 is 0. The highest BCUT2D eigenvalue weighted by Crippen LogP contribution is 2.72. The van der Waals surface area contributed by atoms with Crippen LogP contribution in [0.25, 0.3) is 0 Å². The molecule has 4 aliphatic carbocycles. The summed E-state index contributed by atoms with van der Waals surface area (Å²) in [5.41, 5.74) is 3.54. The summed E-state index contributed by atoms with van der Waals surface area (Å²) in [4.78, 5) is 27.7. The molecule has 240 valence electrons. The summed E-state index contributed by atoms with van der Waals surface area (Å²) < 4.78 is 7.20. The number of aliphatic carboxylic acids is 1. The topological polar surface area (TPSA) is 84.9 Å². The Kier molecular flexibility index (Phi) is 9.32. The number of rotatable bonds is 11. The lowest BCUT2D eigenvalue weighted by Crippen LogP contribution is -2.55. The fraction of sp³-hybridized carbons (Fsp3) is 0.944. The van der Waals surface area contributed by atoms with Crippen molar-refractivity contribution in [1.82, 2.24) is 5.48 Å². The van der Waals surface area contributed by atoms with Crippen molar-refractivity contribution >= 4 is 12.3 Å². The Hall–Kier alpha value is -0.980. The lowest BCUT2D eigenvalue weighted by Gasteiger charge is -2.62. The van der Waals surface area contributed by atoms with Crippen molar-refractivity contribution in [3.05, 3.63) is 0 Å². The van der Waals surface area contributed by atoms with E-state index >= 15 is 0 Å². The molecule has 4 saturated carbocycles. The van der Waals surface area contributed by atoms with Gasteiger partial charge in [0.2, 0.25) is 0 Å². The van der Waals surface area contributed by atoms with Crippen molar-refractivity contribution in [1.29, 1.82) is 0 Å². The van der Waals surface area contributed by atoms with Gasteiger partial charge >= 0.3 is 5.97 Å². The summed E-state index contributed by atoms with van der Waals surface area (Å²) in [5, 5.41) is 8.87. The number of carbonyl (C=O) groups excluding carboxylic acids is 1. The summed E-state index contributed by atoms with van der Waals surface area (Å²) in [6.45, 7) is 20.5. The first-order valence-electron chi connectivity index (χ1n) is 17.5. The average Bonchev–Trinajstić information content (AvgIpc) is 3.33. The van der Waals surface area contributed by atoms with Crippen molar-refractivity contribution in [2.45, 2.75) is 137 Å². The van der Waals surface area contributed by atoms with E-state index in [1.165, 1.54) is 38.5 Å². The van der Waals surface area contributed by atoms with Crippen LogP contribution in [0, 0.1) is 70.0 Å². The lowest BCUT2D eigenvalue weighted by atomic mass is 9.42. The minimum absolute atomic E-state index is 0.0524. The number of carboxylic acids is 1.